The smallest absolute Gasteiger partial charge is 0.407 e. The molecule has 0 bridgehead atoms. The maximum atomic E-state index is 13.1. The van der Waals surface area contributed by atoms with Gasteiger partial charge in [-0.25, -0.2) is 9.78 Å². The monoisotopic (exact) mass is 414 g/mol. The second-order valence-electron chi connectivity index (χ2n) is 8.87. The van der Waals surface area contributed by atoms with E-state index in [2.05, 4.69) is 15.3 Å². The highest BCUT2D eigenvalue weighted by Crippen LogP contribution is 2.27. The number of carbonyl (C=O) groups excluding carboxylic acids is 2. The fourth-order valence-electron chi connectivity index (χ4n) is 3.85. The number of benzene rings is 1. The highest BCUT2D eigenvalue weighted by Gasteiger charge is 2.34. The van der Waals surface area contributed by atoms with E-state index in [1.807, 2.05) is 6.07 Å². The van der Waals surface area contributed by atoms with Gasteiger partial charge in [-0.05, 0) is 45.7 Å². The van der Waals surface area contributed by atoms with E-state index in [0.717, 1.165) is 19.3 Å². The number of aromatic amines is 1. The second kappa shape index (κ2) is 8.85. The first kappa shape index (κ1) is 21.8. The number of rotatable bonds is 4. The van der Waals surface area contributed by atoms with Crippen LogP contribution < -0.4 is 10.9 Å². The summed E-state index contributed by atoms with van der Waals surface area (Å²) in [5.74, 6) is 0.0250. The Morgan fingerprint density at radius 1 is 1.23 bits per heavy atom. The van der Waals surface area contributed by atoms with Gasteiger partial charge in [-0.15, -0.1) is 0 Å². The Kier molecular flexibility index (Phi) is 6.43. The van der Waals surface area contributed by atoms with E-state index in [0.29, 0.717) is 23.1 Å². The molecular formula is C22H30N4O4. The lowest BCUT2D eigenvalue weighted by atomic mass is 9.83. The summed E-state index contributed by atoms with van der Waals surface area (Å²) in [5, 5.41) is 3.39. The molecule has 1 aliphatic carbocycles. The van der Waals surface area contributed by atoms with Crippen LogP contribution in [0, 0.1) is 5.92 Å². The van der Waals surface area contributed by atoms with Crippen LogP contribution >= 0.6 is 0 Å². The van der Waals surface area contributed by atoms with Crippen molar-refractivity contribution in [1.82, 2.24) is 20.2 Å². The highest BCUT2D eigenvalue weighted by atomic mass is 16.6. The number of aromatic nitrogens is 2. The van der Waals surface area contributed by atoms with Gasteiger partial charge in [0.05, 0.1) is 23.4 Å². The molecule has 1 fully saturated rings. The third-order valence-corrected chi connectivity index (χ3v) is 5.21. The Bertz CT molecular complexity index is 979. The number of carbonyl (C=O) groups is 2. The van der Waals surface area contributed by atoms with E-state index >= 15 is 0 Å². The standard InChI is InChI=1S/C22H30N4O4/c1-22(2,3)30-21(29)24-17-12-8-6-10-15(17)20(28)26(4)13-18-23-16-11-7-5-9-14(16)19(27)25-18/h5,7,9,11,15,17H,6,8,10,12-13H2,1-4H3,(H,24,29)(H,23,25,27)/t15-,17-/m0/s1. The quantitative estimate of drug-likeness (QED) is 0.800. The summed E-state index contributed by atoms with van der Waals surface area (Å²) in [6, 6.07) is 6.83. The van der Waals surface area contributed by atoms with E-state index < -0.39 is 11.7 Å². The van der Waals surface area contributed by atoms with E-state index in [4.69, 9.17) is 4.74 Å². The number of hydrogen-bond donors (Lipinski definition) is 2. The normalized spacial score (nSPS) is 19.3. The number of hydrogen-bond acceptors (Lipinski definition) is 5. The predicted molar refractivity (Wildman–Crippen MR) is 114 cm³/mol. The molecule has 162 valence electrons. The molecule has 1 saturated carbocycles. The average Bonchev–Trinajstić information content (AvgIpc) is 2.66. The van der Waals surface area contributed by atoms with Gasteiger partial charge in [-0.1, -0.05) is 25.0 Å². The summed E-state index contributed by atoms with van der Waals surface area (Å²) in [5.41, 5.74) is -0.222. The van der Waals surface area contributed by atoms with Crippen molar-refractivity contribution in [1.29, 1.82) is 0 Å². The number of nitrogens with zero attached hydrogens (tertiary/aromatic N) is 2. The molecule has 8 nitrogen and oxygen atoms in total. The molecule has 2 amide bonds. The lowest BCUT2D eigenvalue weighted by Crippen LogP contribution is -2.49. The van der Waals surface area contributed by atoms with Gasteiger partial charge in [0, 0.05) is 13.1 Å². The number of para-hydroxylation sites is 1. The lowest BCUT2D eigenvalue weighted by molar-refractivity contribution is -0.136. The van der Waals surface area contributed by atoms with Crippen molar-refractivity contribution < 1.29 is 14.3 Å². The Morgan fingerprint density at radius 3 is 2.67 bits per heavy atom. The summed E-state index contributed by atoms with van der Waals surface area (Å²) < 4.78 is 5.35. The average molecular weight is 415 g/mol. The SMILES string of the molecule is CN(Cc1nc2ccccc2c(=O)[nH]1)C(=O)[C@H]1CCCC[C@@H]1NC(=O)OC(C)(C)C. The maximum Gasteiger partial charge on any atom is 0.407 e. The van der Waals surface area contributed by atoms with Crippen LogP contribution in [0.1, 0.15) is 52.3 Å². The van der Waals surface area contributed by atoms with Crippen molar-refractivity contribution in [2.45, 2.75) is 64.6 Å². The molecule has 1 aliphatic rings. The minimum Gasteiger partial charge on any atom is -0.444 e. The zero-order chi connectivity index (χ0) is 21.9. The molecular weight excluding hydrogens is 384 g/mol. The lowest BCUT2D eigenvalue weighted by Gasteiger charge is -2.34. The van der Waals surface area contributed by atoms with Crippen molar-refractivity contribution in [3.05, 3.63) is 40.4 Å². The molecule has 0 radical (unpaired) electrons. The first-order valence-electron chi connectivity index (χ1n) is 10.4. The number of alkyl carbamates (subject to hydrolysis) is 1. The molecule has 1 heterocycles. The second-order valence-corrected chi connectivity index (χ2v) is 8.87. The Morgan fingerprint density at radius 2 is 1.93 bits per heavy atom. The van der Waals surface area contributed by atoms with E-state index in [1.54, 1.807) is 50.9 Å². The fraction of sp³-hybridized carbons (Fsp3) is 0.545. The van der Waals surface area contributed by atoms with Crippen LogP contribution in [0.3, 0.4) is 0 Å². The van der Waals surface area contributed by atoms with Crippen LogP contribution in [0.25, 0.3) is 10.9 Å². The third kappa shape index (κ3) is 5.37. The minimum atomic E-state index is -0.595. The molecule has 3 rings (SSSR count). The van der Waals surface area contributed by atoms with Gasteiger partial charge in [0.2, 0.25) is 5.91 Å². The van der Waals surface area contributed by atoms with Crippen molar-refractivity contribution in [3.8, 4) is 0 Å². The van der Waals surface area contributed by atoms with Gasteiger partial charge >= 0.3 is 6.09 Å². The Hall–Kier alpha value is -2.90. The van der Waals surface area contributed by atoms with Gasteiger partial charge < -0.3 is 19.9 Å². The zero-order valence-corrected chi connectivity index (χ0v) is 18.0. The largest absolute Gasteiger partial charge is 0.444 e. The first-order chi connectivity index (χ1) is 14.1. The van der Waals surface area contributed by atoms with Crippen molar-refractivity contribution in [2.24, 2.45) is 5.92 Å². The van der Waals surface area contributed by atoms with Gasteiger partial charge in [0.1, 0.15) is 11.4 Å². The van der Waals surface area contributed by atoms with Crippen molar-refractivity contribution >= 4 is 22.9 Å². The van der Waals surface area contributed by atoms with E-state index in [1.165, 1.54) is 0 Å². The van der Waals surface area contributed by atoms with Gasteiger partial charge in [0.25, 0.3) is 5.56 Å². The van der Waals surface area contributed by atoms with Crippen LogP contribution in [-0.2, 0) is 16.1 Å². The number of fused-ring (bicyclic) bond motifs is 1. The maximum absolute atomic E-state index is 13.1. The van der Waals surface area contributed by atoms with Crippen LogP contribution in [0.15, 0.2) is 29.1 Å². The Labute approximate surface area is 176 Å². The third-order valence-electron chi connectivity index (χ3n) is 5.21. The number of ether oxygens (including phenoxy) is 1. The molecule has 8 heteroatoms. The number of H-pyrrole nitrogens is 1. The van der Waals surface area contributed by atoms with Crippen LogP contribution in [0.4, 0.5) is 4.79 Å². The van der Waals surface area contributed by atoms with E-state index in [-0.39, 0.29) is 30.0 Å². The summed E-state index contributed by atoms with van der Waals surface area (Å²) in [4.78, 5) is 46.4. The van der Waals surface area contributed by atoms with Crippen LogP contribution in [-0.4, -0.2) is 45.6 Å². The predicted octanol–water partition coefficient (Wildman–Crippen LogP) is 2.97. The van der Waals surface area contributed by atoms with Gasteiger partial charge in [-0.3, -0.25) is 9.59 Å². The Balaban J connectivity index is 1.70. The molecule has 0 aliphatic heterocycles. The molecule has 1 aromatic heterocycles. The first-order valence-corrected chi connectivity index (χ1v) is 10.4. The fourth-order valence-corrected chi connectivity index (χ4v) is 3.85. The molecule has 2 aromatic rings. The topological polar surface area (TPSA) is 104 Å². The molecule has 2 N–H and O–H groups in total. The highest BCUT2D eigenvalue weighted by molar-refractivity contribution is 5.81. The number of nitrogens with one attached hydrogen (secondary N) is 2. The molecule has 2 atom stereocenters. The molecule has 1 aromatic carbocycles. The zero-order valence-electron chi connectivity index (χ0n) is 18.0. The summed E-state index contributed by atoms with van der Waals surface area (Å²) >= 11 is 0. The summed E-state index contributed by atoms with van der Waals surface area (Å²) in [6.07, 6.45) is 2.81. The van der Waals surface area contributed by atoms with Crippen LogP contribution in [0.5, 0.6) is 0 Å². The molecule has 0 unspecified atom stereocenters. The van der Waals surface area contributed by atoms with E-state index in [9.17, 15) is 14.4 Å². The molecule has 30 heavy (non-hydrogen) atoms. The van der Waals surface area contributed by atoms with Gasteiger partial charge in [0.15, 0.2) is 0 Å². The summed E-state index contributed by atoms with van der Waals surface area (Å²) in [7, 11) is 1.69. The minimum absolute atomic E-state index is 0.0773. The summed E-state index contributed by atoms with van der Waals surface area (Å²) in [6.45, 7) is 5.61. The van der Waals surface area contributed by atoms with Gasteiger partial charge in [-0.2, -0.15) is 0 Å². The molecule has 0 spiro atoms. The van der Waals surface area contributed by atoms with Crippen molar-refractivity contribution in [3.63, 3.8) is 0 Å². The molecule has 0 saturated heterocycles. The number of amides is 2. The van der Waals surface area contributed by atoms with Crippen molar-refractivity contribution in [2.75, 3.05) is 7.05 Å². The van der Waals surface area contributed by atoms with Crippen LogP contribution in [0.2, 0.25) is 0 Å².